The first-order chi connectivity index (χ1) is 14.2. The summed E-state index contributed by atoms with van der Waals surface area (Å²) in [6.45, 7) is 3.85. The van der Waals surface area contributed by atoms with Gasteiger partial charge in [-0.15, -0.1) is 0 Å². The first kappa shape index (κ1) is 22.3. The van der Waals surface area contributed by atoms with Gasteiger partial charge in [0, 0.05) is 6.07 Å². The van der Waals surface area contributed by atoms with Crippen LogP contribution in [0.4, 0.5) is 11.4 Å². The molecule has 0 aliphatic carbocycles. The maximum absolute atomic E-state index is 11.8. The van der Waals surface area contributed by atoms with Crippen molar-refractivity contribution in [3.63, 3.8) is 0 Å². The Labute approximate surface area is 171 Å². The van der Waals surface area contributed by atoms with Crippen molar-refractivity contribution in [2.75, 3.05) is 6.61 Å². The molecule has 2 rings (SSSR count). The molecule has 2 aromatic carbocycles. The molecule has 158 valence electrons. The summed E-state index contributed by atoms with van der Waals surface area (Å²) in [6.07, 6.45) is 1.87. The highest BCUT2D eigenvalue weighted by Crippen LogP contribution is 2.33. The van der Waals surface area contributed by atoms with E-state index in [1.165, 1.54) is 0 Å². The number of nitrogens with one attached hydrogen (secondary N) is 1. The van der Waals surface area contributed by atoms with E-state index in [9.17, 15) is 30.1 Å². The molecular formula is C19H20N4O7. The average Bonchev–Trinajstić information content (AvgIpc) is 2.72. The molecule has 1 unspecified atom stereocenters. The van der Waals surface area contributed by atoms with Crippen molar-refractivity contribution in [3.05, 3.63) is 67.8 Å². The first-order valence-electron chi connectivity index (χ1n) is 8.93. The minimum atomic E-state index is -0.960. The fraction of sp³-hybridized carbons (Fsp3) is 0.263. The Bertz CT molecular complexity index is 974. The van der Waals surface area contributed by atoms with Gasteiger partial charge in [0.25, 0.3) is 11.6 Å². The molecule has 2 N–H and O–H groups in total. The average molecular weight is 416 g/mol. The lowest BCUT2D eigenvalue weighted by Crippen LogP contribution is -2.24. The number of non-ortho nitro benzene ring substituents is 1. The lowest BCUT2D eigenvalue weighted by Gasteiger charge is -2.10. The number of amides is 1. The molecule has 0 radical (unpaired) electrons. The minimum absolute atomic E-state index is 0.294. The van der Waals surface area contributed by atoms with Gasteiger partial charge in [-0.05, 0) is 30.0 Å². The molecule has 1 atom stereocenters. The summed E-state index contributed by atoms with van der Waals surface area (Å²) in [5.74, 6) is -0.524. The van der Waals surface area contributed by atoms with Crippen molar-refractivity contribution >= 4 is 23.5 Å². The number of hydrogen-bond acceptors (Lipinski definition) is 8. The van der Waals surface area contributed by atoms with Crippen LogP contribution in [0.2, 0.25) is 0 Å². The van der Waals surface area contributed by atoms with Gasteiger partial charge in [0.05, 0.1) is 27.7 Å². The second-order valence-corrected chi connectivity index (χ2v) is 6.38. The molecule has 0 aromatic heterocycles. The van der Waals surface area contributed by atoms with Gasteiger partial charge in [-0.25, -0.2) is 5.43 Å². The number of nitro benzene ring substituents is 2. The van der Waals surface area contributed by atoms with Crippen molar-refractivity contribution in [2.45, 2.75) is 26.2 Å². The summed E-state index contributed by atoms with van der Waals surface area (Å²) < 4.78 is 5.35. The quantitative estimate of drug-likeness (QED) is 0.361. The van der Waals surface area contributed by atoms with Crippen LogP contribution in [0.1, 0.15) is 37.3 Å². The highest BCUT2D eigenvalue weighted by molar-refractivity contribution is 5.88. The predicted octanol–water partition coefficient (Wildman–Crippen LogP) is 3.25. The highest BCUT2D eigenvalue weighted by Gasteiger charge is 2.23. The summed E-state index contributed by atoms with van der Waals surface area (Å²) in [5, 5.41) is 35.2. The maximum Gasteiger partial charge on any atom is 0.318 e. The van der Waals surface area contributed by atoms with Gasteiger partial charge in [0.15, 0.2) is 6.61 Å². The molecule has 0 heterocycles. The number of nitro groups is 2. The number of benzene rings is 2. The largest absolute Gasteiger partial charge is 0.502 e. The molecule has 30 heavy (non-hydrogen) atoms. The number of aromatic hydroxyl groups is 1. The number of rotatable bonds is 9. The molecule has 0 bridgehead atoms. The summed E-state index contributed by atoms with van der Waals surface area (Å²) in [4.78, 5) is 31.8. The molecular weight excluding hydrogens is 396 g/mol. The van der Waals surface area contributed by atoms with Gasteiger partial charge >= 0.3 is 5.69 Å². The van der Waals surface area contributed by atoms with E-state index >= 15 is 0 Å². The summed E-state index contributed by atoms with van der Waals surface area (Å²) in [7, 11) is 0. The summed E-state index contributed by atoms with van der Waals surface area (Å²) in [5.41, 5.74) is 1.54. The lowest BCUT2D eigenvalue weighted by molar-refractivity contribution is -0.394. The lowest BCUT2D eigenvalue weighted by atomic mass is 9.99. The molecule has 11 nitrogen and oxygen atoms in total. The van der Waals surface area contributed by atoms with Gasteiger partial charge < -0.3 is 9.84 Å². The van der Waals surface area contributed by atoms with Crippen LogP contribution in [0, 0.1) is 20.2 Å². The molecule has 0 saturated heterocycles. The summed E-state index contributed by atoms with van der Waals surface area (Å²) in [6, 6.07) is 8.85. The number of carbonyl (C=O) groups is 1. The Morgan fingerprint density at radius 3 is 2.47 bits per heavy atom. The second kappa shape index (κ2) is 9.96. The van der Waals surface area contributed by atoms with Crippen LogP contribution < -0.4 is 10.2 Å². The second-order valence-electron chi connectivity index (χ2n) is 6.38. The SMILES string of the molecule is CCC(C)c1ccc(OCC(=O)N/N=C/c2cc([N+](=O)[O-])cc([N+](=O)[O-])c2O)cc1. The van der Waals surface area contributed by atoms with Gasteiger partial charge in [-0.2, -0.15) is 5.10 Å². The van der Waals surface area contributed by atoms with E-state index in [2.05, 4.69) is 24.4 Å². The zero-order chi connectivity index (χ0) is 22.3. The Kier molecular flexibility index (Phi) is 7.39. The molecule has 2 aromatic rings. The smallest absolute Gasteiger partial charge is 0.318 e. The van der Waals surface area contributed by atoms with E-state index in [1.54, 1.807) is 12.1 Å². The number of ether oxygens (including phenoxy) is 1. The predicted molar refractivity (Wildman–Crippen MR) is 108 cm³/mol. The van der Waals surface area contributed by atoms with Gasteiger partial charge in [-0.1, -0.05) is 26.0 Å². The Hall–Kier alpha value is -4.02. The minimum Gasteiger partial charge on any atom is -0.502 e. The van der Waals surface area contributed by atoms with Crippen LogP contribution in [-0.2, 0) is 4.79 Å². The molecule has 0 fully saturated rings. The van der Waals surface area contributed by atoms with Crippen LogP contribution in [0.25, 0.3) is 0 Å². The summed E-state index contributed by atoms with van der Waals surface area (Å²) >= 11 is 0. The van der Waals surface area contributed by atoms with Crippen molar-refractivity contribution in [1.29, 1.82) is 0 Å². The van der Waals surface area contributed by atoms with Gasteiger partial charge in [0.1, 0.15) is 5.75 Å². The fourth-order valence-corrected chi connectivity index (χ4v) is 2.45. The number of hydrazone groups is 1. The number of carbonyl (C=O) groups excluding carboxylic acids is 1. The number of nitrogens with zero attached hydrogens (tertiary/aromatic N) is 3. The first-order valence-corrected chi connectivity index (χ1v) is 8.93. The van der Waals surface area contributed by atoms with E-state index in [0.29, 0.717) is 17.7 Å². The van der Waals surface area contributed by atoms with Gasteiger partial charge in [0.2, 0.25) is 5.75 Å². The number of phenolic OH excluding ortho intramolecular Hbond substituents is 1. The third kappa shape index (κ3) is 5.74. The monoisotopic (exact) mass is 416 g/mol. The molecule has 11 heteroatoms. The van der Waals surface area contributed by atoms with Crippen LogP contribution in [0.5, 0.6) is 11.5 Å². The van der Waals surface area contributed by atoms with Crippen LogP contribution >= 0.6 is 0 Å². The van der Waals surface area contributed by atoms with Crippen LogP contribution in [0.3, 0.4) is 0 Å². The third-order valence-corrected chi connectivity index (χ3v) is 4.34. The van der Waals surface area contributed by atoms with E-state index in [4.69, 9.17) is 4.74 Å². The van der Waals surface area contributed by atoms with Crippen molar-refractivity contribution in [3.8, 4) is 11.5 Å². The van der Waals surface area contributed by atoms with Gasteiger partial charge in [-0.3, -0.25) is 25.0 Å². The van der Waals surface area contributed by atoms with Crippen molar-refractivity contribution < 1.29 is 24.5 Å². The normalized spacial score (nSPS) is 11.8. The molecule has 0 aliphatic heterocycles. The number of hydrogen-bond donors (Lipinski definition) is 2. The topological polar surface area (TPSA) is 157 Å². The van der Waals surface area contributed by atoms with Crippen molar-refractivity contribution in [2.24, 2.45) is 5.10 Å². The van der Waals surface area contributed by atoms with Crippen molar-refractivity contribution in [1.82, 2.24) is 5.43 Å². The van der Waals surface area contributed by atoms with E-state index < -0.39 is 32.9 Å². The molecule has 0 saturated carbocycles. The molecule has 0 spiro atoms. The van der Waals surface area contributed by atoms with Crippen LogP contribution in [0.15, 0.2) is 41.5 Å². The maximum atomic E-state index is 11.8. The standard InChI is InChI=1S/C19H20N4O7/c1-3-12(2)13-4-6-16(7-5-13)30-11-18(24)21-20-10-14-8-15(22(26)27)9-17(19(14)25)23(28)29/h4-10,12,25H,3,11H2,1-2H3,(H,21,24)/b20-10+. The third-order valence-electron chi connectivity index (χ3n) is 4.34. The van der Waals surface area contributed by atoms with E-state index in [0.717, 1.165) is 24.3 Å². The fourth-order valence-electron chi connectivity index (χ4n) is 2.45. The Balaban J connectivity index is 1.99. The Morgan fingerprint density at radius 1 is 1.23 bits per heavy atom. The highest BCUT2D eigenvalue weighted by atomic mass is 16.6. The van der Waals surface area contributed by atoms with E-state index in [1.807, 2.05) is 12.1 Å². The molecule has 0 aliphatic rings. The zero-order valence-corrected chi connectivity index (χ0v) is 16.3. The zero-order valence-electron chi connectivity index (χ0n) is 16.3. The van der Waals surface area contributed by atoms with E-state index in [-0.39, 0.29) is 12.2 Å². The molecule has 1 amide bonds. The Morgan fingerprint density at radius 2 is 1.90 bits per heavy atom. The number of phenols is 1. The van der Waals surface area contributed by atoms with Crippen LogP contribution in [-0.4, -0.2) is 33.7 Å².